The number of nitrogens with zero attached hydrogens (tertiary/aromatic N) is 2. The van der Waals surface area contributed by atoms with Crippen LogP contribution >= 0.6 is 23.4 Å². The summed E-state index contributed by atoms with van der Waals surface area (Å²) in [6.07, 6.45) is 1.67. The molecule has 0 unspecified atom stereocenters. The molecule has 0 bridgehead atoms. The predicted molar refractivity (Wildman–Crippen MR) is 72.1 cm³/mol. The number of furan rings is 1. The van der Waals surface area contributed by atoms with E-state index in [4.69, 9.17) is 16.0 Å². The second kappa shape index (κ2) is 4.63. The number of benzene rings is 1. The van der Waals surface area contributed by atoms with Crippen LogP contribution in [0.4, 0.5) is 0 Å². The second-order valence-electron chi connectivity index (χ2n) is 3.76. The molecule has 0 fully saturated rings. The summed E-state index contributed by atoms with van der Waals surface area (Å²) in [5.41, 5.74) is 0.848. The van der Waals surface area contributed by atoms with Gasteiger partial charge in [-0.25, -0.2) is 9.97 Å². The van der Waals surface area contributed by atoms with E-state index in [1.165, 1.54) is 11.8 Å². The summed E-state index contributed by atoms with van der Waals surface area (Å²) in [6.45, 7) is 1.92. The van der Waals surface area contributed by atoms with Crippen molar-refractivity contribution in [3.05, 3.63) is 47.6 Å². The summed E-state index contributed by atoms with van der Waals surface area (Å²) in [4.78, 5) is 9.54. The fourth-order valence-electron chi connectivity index (χ4n) is 1.68. The number of halogens is 1. The van der Waals surface area contributed by atoms with Gasteiger partial charge in [-0.05, 0) is 30.7 Å². The smallest absolute Gasteiger partial charge is 0.224 e. The number of fused-ring (bicyclic) bond motifs is 1. The maximum Gasteiger partial charge on any atom is 0.224 e. The lowest BCUT2D eigenvalue weighted by Crippen LogP contribution is -1.89. The average Bonchev–Trinajstić information content (AvgIpc) is 2.75. The SMILES string of the molecule is Cc1occc1Sc1nc(Cl)nc2ccccc12. The van der Waals surface area contributed by atoms with E-state index in [1.54, 1.807) is 6.26 Å². The maximum absolute atomic E-state index is 5.94. The topological polar surface area (TPSA) is 38.9 Å². The zero-order chi connectivity index (χ0) is 12.5. The first kappa shape index (κ1) is 11.6. The van der Waals surface area contributed by atoms with Crippen LogP contribution in [0.5, 0.6) is 0 Å². The van der Waals surface area contributed by atoms with Crippen molar-refractivity contribution in [1.29, 1.82) is 0 Å². The second-order valence-corrected chi connectivity index (χ2v) is 5.13. The number of para-hydroxylation sites is 1. The molecule has 90 valence electrons. The van der Waals surface area contributed by atoms with Crippen LogP contribution < -0.4 is 0 Å². The molecule has 5 heteroatoms. The minimum atomic E-state index is 0.261. The van der Waals surface area contributed by atoms with Crippen LogP contribution in [0.3, 0.4) is 0 Å². The first-order chi connectivity index (χ1) is 8.74. The van der Waals surface area contributed by atoms with Gasteiger partial charge in [-0.2, -0.15) is 0 Å². The molecule has 0 aliphatic heterocycles. The third-order valence-corrected chi connectivity index (χ3v) is 3.88. The molecule has 1 aromatic carbocycles. The fourth-order valence-corrected chi connectivity index (χ4v) is 2.85. The lowest BCUT2D eigenvalue weighted by molar-refractivity contribution is 0.527. The summed E-state index contributed by atoms with van der Waals surface area (Å²) in [5.74, 6) is 0.874. The van der Waals surface area contributed by atoms with Gasteiger partial charge in [-0.15, -0.1) is 0 Å². The van der Waals surface area contributed by atoms with Crippen molar-refractivity contribution in [3.63, 3.8) is 0 Å². The van der Waals surface area contributed by atoms with Crippen LogP contribution in [-0.2, 0) is 0 Å². The molecule has 0 N–H and O–H groups in total. The van der Waals surface area contributed by atoms with Crippen LogP contribution in [0.25, 0.3) is 10.9 Å². The van der Waals surface area contributed by atoms with E-state index in [-0.39, 0.29) is 5.28 Å². The summed E-state index contributed by atoms with van der Waals surface area (Å²) in [7, 11) is 0. The molecular formula is C13H9ClN2OS. The fraction of sp³-hybridized carbons (Fsp3) is 0.0769. The van der Waals surface area contributed by atoms with Gasteiger partial charge >= 0.3 is 0 Å². The summed E-state index contributed by atoms with van der Waals surface area (Å²) < 4.78 is 5.28. The highest BCUT2D eigenvalue weighted by Crippen LogP contribution is 2.34. The highest BCUT2D eigenvalue weighted by molar-refractivity contribution is 7.99. The zero-order valence-corrected chi connectivity index (χ0v) is 11.1. The molecule has 2 aromatic heterocycles. The van der Waals surface area contributed by atoms with Gasteiger partial charge in [0.05, 0.1) is 16.7 Å². The number of aryl methyl sites for hydroxylation is 1. The summed E-state index contributed by atoms with van der Waals surface area (Å²) >= 11 is 7.48. The van der Waals surface area contributed by atoms with Gasteiger partial charge in [0.25, 0.3) is 0 Å². The van der Waals surface area contributed by atoms with E-state index in [1.807, 2.05) is 37.3 Å². The monoisotopic (exact) mass is 276 g/mol. The minimum absolute atomic E-state index is 0.261. The van der Waals surface area contributed by atoms with Gasteiger partial charge < -0.3 is 4.42 Å². The molecule has 0 spiro atoms. The van der Waals surface area contributed by atoms with E-state index in [0.717, 1.165) is 26.6 Å². The van der Waals surface area contributed by atoms with E-state index in [9.17, 15) is 0 Å². The maximum atomic E-state index is 5.94. The van der Waals surface area contributed by atoms with Gasteiger partial charge in [0, 0.05) is 5.39 Å². The van der Waals surface area contributed by atoms with Crippen molar-refractivity contribution in [2.45, 2.75) is 16.8 Å². The van der Waals surface area contributed by atoms with Crippen molar-refractivity contribution in [3.8, 4) is 0 Å². The standard InChI is InChI=1S/C13H9ClN2OS/c1-8-11(6-7-17-8)18-12-9-4-2-3-5-10(9)15-13(14)16-12/h2-7H,1H3. The number of hydrogen-bond acceptors (Lipinski definition) is 4. The molecule has 0 atom stereocenters. The molecule has 3 aromatic rings. The molecule has 2 heterocycles. The van der Waals surface area contributed by atoms with Gasteiger partial charge in [0.1, 0.15) is 10.8 Å². The van der Waals surface area contributed by atoms with Crippen LogP contribution in [0.15, 0.2) is 50.9 Å². The average molecular weight is 277 g/mol. The third-order valence-electron chi connectivity index (χ3n) is 2.56. The number of aromatic nitrogens is 2. The Labute approximate surface area is 113 Å². The van der Waals surface area contributed by atoms with E-state index >= 15 is 0 Å². The quantitative estimate of drug-likeness (QED) is 0.516. The van der Waals surface area contributed by atoms with Crippen molar-refractivity contribution >= 4 is 34.3 Å². The van der Waals surface area contributed by atoms with Crippen molar-refractivity contribution in [1.82, 2.24) is 9.97 Å². The van der Waals surface area contributed by atoms with Crippen LogP contribution in [0.1, 0.15) is 5.76 Å². The Hall–Kier alpha value is -1.52. The summed E-state index contributed by atoms with van der Waals surface area (Å²) in [6, 6.07) is 9.73. The molecule has 0 radical (unpaired) electrons. The van der Waals surface area contributed by atoms with E-state index in [0.29, 0.717) is 0 Å². The van der Waals surface area contributed by atoms with Crippen LogP contribution in [0, 0.1) is 6.92 Å². The minimum Gasteiger partial charge on any atom is -0.468 e. The zero-order valence-electron chi connectivity index (χ0n) is 9.55. The molecule has 3 rings (SSSR count). The van der Waals surface area contributed by atoms with Crippen molar-refractivity contribution in [2.24, 2.45) is 0 Å². The van der Waals surface area contributed by atoms with E-state index in [2.05, 4.69) is 9.97 Å². The molecule has 3 nitrogen and oxygen atoms in total. The Morgan fingerprint density at radius 3 is 2.78 bits per heavy atom. The predicted octanol–water partition coefficient (Wildman–Crippen LogP) is 4.34. The molecular weight excluding hydrogens is 268 g/mol. The largest absolute Gasteiger partial charge is 0.468 e. The van der Waals surface area contributed by atoms with Gasteiger partial charge in [-0.1, -0.05) is 30.0 Å². The lowest BCUT2D eigenvalue weighted by Gasteiger charge is -2.04. The Balaban J connectivity index is 2.14. The Kier molecular flexibility index (Phi) is 2.97. The van der Waals surface area contributed by atoms with Crippen molar-refractivity contribution in [2.75, 3.05) is 0 Å². The molecule has 0 aliphatic carbocycles. The number of rotatable bonds is 2. The van der Waals surface area contributed by atoms with Crippen LogP contribution in [0.2, 0.25) is 5.28 Å². The van der Waals surface area contributed by atoms with Gasteiger partial charge in [0.15, 0.2) is 0 Å². The van der Waals surface area contributed by atoms with Gasteiger partial charge in [-0.3, -0.25) is 0 Å². The Morgan fingerprint density at radius 1 is 1.17 bits per heavy atom. The lowest BCUT2D eigenvalue weighted by atomic mass is 10.2. The van der Waals surface area contributed by atoms with Crippen LogP contribution in [-0.4, -0.2) is 9.97 Å². The molecule has 18 heavy (non-hydrogen) atoms. The third kappa shape index (κ3) is 2.09. The molecule has 0 amide bonds. The Morgan fingerprint density at radius 2 is 2.00 bits per heavy atom. The molecule has 0 aliphatic rings. The first-order valence-corrected chi connectivity index (χ1v) is 6.58. The first-order valence-electron chi connectivity index (χ1n) is 5.38. The Bertz CT molecular complexity index is 711. The van der Waals surface area contributed by atoms with E-state index < -0.39 is 0 Å². The normalized spacial score (nSPS) is 11.0. The summed E-state index contributed by atoms with van der Waals surface area (Å²) in [5, 5.41) is 2.10. The molecule has 0 saturated heterocycles. The van der Waals surface area contributed by atoms with Gasteiger partial charge in [0.2, 0.25) is 5.28 Å². The highest BCUT2D eigenvalue weighted by Gasteiger charge is 2.10. The molecule has 0 saturated carbocycles. The van der Waals surface area contributed by atoms with Crippen molar-refractivity contribution < 1.29 is 4.42 Å². The number of hydrogen-bond donors (Lipinski definition) is 0. The highest BCUT2D eigenvalue weighted by atomic mass is 35.5.